The Morgan fingerprint density at radius 2 is 1.30 bits per heavy atom. The maximum Gasteiger partial charge on any atom is 0.225 e. The van der Waals surface area contributed by atoms with E-state index in [-0.39, 0.29) is 23.7 Å². The Hall–Kier alpha value is -2.13. The topological polar surface area (TPSA) is 111 Å². The van der Waals surface area contributed by atoms with Crippen LogP contribution in [0.1, 0.15) is 88.8 Å². The summed E-state index contributed by atoms with van der Waals surface area (Å²) in [6.45, 7) is 17.3. The van der Waals surface area contributed by atoms with Crippen LogP contribution in [-0.2, 0) is 14.6 Å². The summed E-state index contributed by atoms with van der Waals surface area (Å²) in [7, 11) is -1.09. The zero-order chi connectivity index (χ0) is 28.1. The van der Waals surface area contributed by atoms with E-state index in [1.54, 1.807) is 0 Å². The van der Waals surface area contributed by atoms with Gasteiger partial charge in [0.15, 0.2) is 15.8 Å². The third kappa shape index (κ3) is 8.43. The predicted molar refractivity (Wildman–Crippen MR) is 152 cm³/mol. The first-order valence-corrected chi connectivity index (χ1v) is 15.5. The van der Waals surface area contributed by atoms with Crippen LogP contribution in [-0.4, -0.2) is 87.6 Å². The van der Waals surface area contributed by atoms with E-state index in [4.69, 9.17) is 11.1 Å². The first-order chi connectivity index (χ1) is 17.1. The van der Waals surface area contributed by atoms with Gasteiger partial charge in [-0.15, -0.1) is 0 Å². The maximum absolute atomic E-state index is 12.3. The molecule has 2 aliphatic heterocycles. The van der Waals surface area contributed by atoms with Crippen molar-refractivity contribution in [1.29, 1.82) is 5.41 Å². The third-order valence-corrected chi connectivity index (χ3v) is 8.66. The van der Waals surface area contributed by atoms with Gasteiger partial charge in [0.05, 0.1) is 4.90 Å². The molecule has 0 unspecified atom stereocenters. The number of nitrogens with two attached hydrogens (primary N) is 1. The van der Waals surface area contributed by atoms with Crippen LogP contribution in [0.2, 0.25) is 0 Å². The molecule has 0 saturated carbocycles. The first-order valence-electron chi connectivity index (χ1n) is 13.6. The molecular formula is C28H49N5O3S. The van der Waals surface area contributed by atoms with Crippen LogP contribution in [0.3, 0.4) is 0 Å². The van der Waals surface area contributed by atoms with Gasteiger partial charge in [-0.1, -0.05) is 53.7 Å². The largest absolute Gasteiger partial charge is 0.370 e. The van der Waals surface area contributed by atoms with Gasteiger partial charge in [-0.05, 0) is 67.4 Å². The van der Waals surface area contributed by atoms with Gasteiger partial charge < -0.3 is 20.4 Å². The predicted octanol–water partition coefficient (Wildman–Crippen LogP) is 3.83. The van der Waals surface area contributed by atoms with Crippen molar-refractivity contribution >= 4 is 21.7 Å². The zero-order valence-electron chi connectivity index (χ0n) is 24.2. The molecule has 0 atom stereocenters. The van der Waals surface area contributed by atoms with Crippen LogP contribution < -0.4 is 5.73 Å². The van der Waals surface area contributed by atoms with Crippen LogP contribution in [0, 0.1) is 11.3 Å². The maximum atomic E-state index is 12.3. The molecule has 9 heteroatoms. The summed E-state index contributed by atoms with van der Waals surface area (Å²) in [6, 6.07) is 4.13. The molecule has 0 aliphatic carbocycles. The molecule has 0 bridgehead atoms. The molecule has 0 radical (unpaired) electrons. The van der Waals surface area contributed by atoms with Crippen molar-refractivity contribution in [2.45, 2.75) is 77.0 Å². The molecule has 1 amide bonds. The van der Waals surface area contributed by atoms with Gasteiger partial charge in [0, 0.05) is 38.4 Å². The average Bonchev–Trinajstić information content (AvgIpc) is 2.83. The van der Waals surface area contributed by atoms with Crippen molar-refractivity contribution in [3.63, 3.8) is 0 Å². The minimum atomic E-state index is -3.20. The minimum Gasteiger partial charge on any atom is -0.370 e. The fraction of sp³-hybridized carbons (Fsp3) is 0.714. The Balaban J connectivity index is 0.000000260. The van der Waals surface area contributed by atoms with Crippen molar-refractivity contribution in [2.24, 2.45) is 11.7 Å². The Labute approximate surface area is 225 Å². The highest BCUT2D eigenvalue weighted by molar-refractivity contribution is 7.90. The second-order valence-electron chi connectivity index (χ2n) is 11.5. The highest BCUT2D eigenvalue weighted by Crippen LogP contribution is 2.34. The molecule has 2 saturated heterocycles. The molecule has 1 aromatic rings. The van der Waals surface area contributed by atoms with E-state index in [0.29, 0.717) is 42.9 Å². The fourth-order valence-electron chi connectivity index (χ4n) is 5.00. The molecule has 3 rings (SSSR count). The van der Waals surface area contributed by atoms with Gasteiger partial charge in [0.2, 0.25) is 5.91 Å². The number of sulfone groups is 1. The lowest BCUT2D eigenvalue weighted by molar-refractivity contribution is -0.138. The number of hydrogen-bond acceptors (Lipinski definition) is 5. The molecule has 2 fully saturated rings. The number of rotatable bonds is 5. The number of piperidine rings is 1. The zero-order valence-corrected chi connectivity index (χ0v) is 25.0. The number of benzene rings is 1. The van der Waals surface area contributed by atoms with Crippen molar-refractivity contribution in [3.8, 4) is 0 Å². The molecule has 8 nitrogen and oxygen atoms in total. The summed E-state index contributed by atoms with van der Waals surface area (Å²) in [4.78, 5) is 18.9. The Bertz CT molecular complexity index is 1010. The third-order valence-electron chi connectivity index (χ3n) is 7.45. The van der Waals surface area contributed by atoms with Crippen molar-refractivity contribution in [3.05, 3.63) is 28.8 Å². The normalized spacial score (nSPS) is 17.8. The molecule has 0 spiro atoms. The minimum absolute atomic E-state index is 0.112. The summed E-state index contributed by atoms with van der Waals surface area (Å²) in [5.74, 6) is 1.43. The SMILES string of the molecule is CC(C)c1cc(C(C)C)c(S(C)(=O)=O)c(C(C)C)c1.CN1CCC(C(=O)N2CCN(C(=N)N)CC2)CC1. The van der Waals surface area contributed by atoms with Crippen molar-refractivity contribution in [2.75, 3.05) is 52.6 Å². The monoisotopic (exact) mass is 535 g/mol. The Kier molecular flexibility index (Phi) is 11.0. The van der Waals surface area contributed by atoms with Crippen LogP contribution in [0.5, 0.6) is 0 Å². The molecule has 2 aliphatic rings. The molecule has 2 heterocycles. The Morgan fingerprint density at radius 3 is 1.65 bits per heavy atom. The quantitative estimate of drug-likeness (QED) is 0.438. The number of nitrogens with one attached hydrogen (secondary N) is 1. The van der Waals surface area contributed by atoms with E-state index in [0.717, 1.165) is 37.1 Å². The number of hydrogen-bond donors (Lipinski definition) is 2. The van der Waals surface area contributed by atoms with Gasteiger partial charge in [-0.2, -0.15) is 0 Å². The first kappa shape index (κ1) is 31.1. The molecule has 37 heavy (non-hydrogen) atoms. The lowest BCUT2D eigenvalue weighted by Gasteiger charge is -2.38. The molecule has 3 N–H and O–H groups in total. The van der Waals surface area contributed by atoms with E-state index in [2.05, 4.69) is 65.6 Å². The molecule has 0 aromatic heterocycles. The number of piperazine rings is 1. The van der Waals surface area contributed by atoms with Crippen molar-refractivity contribution in [1.82, 2.24) is 14.7 Å². The van der Waals surface area contributed by atoms with Crippen LogP contribution in [0.25, 0.3) is 0 Å². The smallest absolute Gasteiger partial charge is 0.225 e. The summed E-state index contributed by atoms with van der Waals surface area (Å²) in [5, 5.41) is 7.37. The number of likely N-dealkylation sites (tertiary alicyclic amines) is 1. The van der Waals surface area contributed by atoms with E-state index in [1.807, 2.05) is 9.80 Å². The standard InChI is InChI=1S/C16H26O2S.C12H23N5O/c1-10(2)13-8-14(11(3)4)16(19(7,17)18)15(9-13)12(5)6;1-15-4-2-10(3-5-15)11(18)16-6-8-17(9-7-16)12(13)14/h8-12H,1-7H3;10H,2-9H2,1H3,(H3,13,14). The number of carbonyl (C=O) groups is 1. The van der Waals surface area contributed by atoms with E-state index >= 15 is 0 Å². The average molecular weight is 536 g/mol. The van der Waals surface area contributed by atoms with E-state index < -0.39 is 9.84 Å². The number of guanidine groups is 1. The van der Waals surface area contributed by atoms with E-state index in [9.17, 15) is 13.2 Å². The van der Waals surface area contributed by atoms with Gasteiger partial charge in [0.1, 0.15) is 0 Å². The highest BCUT2D eigenvalue weighted by Gasteiger charge is 2.29. The van der Waals surface area contributed by atoms with Crippen molar-refractivity contribution < 1.29 is 13.2 Å². The number of nitrogens with zero attached hydrogens (tertiary/aromatic N) is 3. The molecule has 1 aromatic carbocycles. The summed E-state index contributed by atoms with van der Waals surface area (Å²) in [6.07, 6.45) is 3.26. The summed E-state index contributed by atoms with van der Waals surface area (Å²) < 4.78 is 24.3. The van der Waals surface area contributed by atoms with Gasteiger partial charge >= 0.3 is 0 Å². The molecular weight excluding hydrogens is 486 g/mol. The number of amides is 1. The van der Waals surface area contributed by atoms with Gasteiger partial charge in [-0.25, -0.2) is 8.42 Å². The summed E-state index contributed by atoms with van der Waals surface area (Å²) in [5.41, 5.74) is 8.58. The second-order valence-corrected chi connectivity index (χ2v) is 13.5. The lowest BCUT2D eigenvalue weighted by Crippen LogP contribution is -2.54. The second kappa shape index (κ2) is 13.1. The Morgan fingerprint density at radius 1 is 0.865 bits per heavy atom. The highest BCUT2D eigenvalue weighted by atomic mass is 32.2. The fourth-order valence-corrected chi connectivity index (χ4v) is 6.44. The summed E-state index contributed by atoms with van der Waals surface area (Å²) >= 11 is 0. The number of carbonyl (C=O) groups excluding carboxylic acids is 1. The van der Waals surface area contributed by atoms with Gasteiger partial charge in [-0.3, -0.25) is 10.2 Å². The van der Waals surface area contributed by atoms with Crippen LogP contribution in [0.15, 0.2) is 17.0 Å². The van der Waals surface area contributed by atoms with Gasteiger partial charge in [0.25, 0.3) is 0 Å². The lowest BCUT2D eigenvalue weighted by atomic mass is 9.89. The van der Waals surface area contributed by atoms with Crippen LogP contribution in [0.4, 0.5) is 0 Å². The van der Waals surface area contributed by atoms with E-state index in [1.165, 1.54) is 11.8 Å². The van der Waals surface area contributed by atoms with Crippen LogP contribution >= 0.6 is 0 Å². The molecule has 210 valence electrons.